The predicted molar refractivity (Wildman–Crippen MR) is 96.7 cm³/mol. The third-order valence-corrected chi connectivity index (χ3v) is 4.22. The second kappa shape index (κ2) is 7.53. The lowest BCUT2D eigenvalue weighted by Gasteiger charge is -2.08. The van der Waals surface area contributed by atoms with Gasteiger partial charge in [0.1, 0.15) is 17.9 Å². The Bertz CT molecular complexity index is 960. The Hall–Kier alpha value is -2.60. The first-order chi connectivity index (χ1) is 12.0. The summed E-state index contributed by atoms with van der Waals surface area (Å²) in [6.45, 7) is 0.00376. The molecule has 0 atom stereocenters. The minimum atomic E-state index is -0.500. The lowest BCUT2D eigenvalue weighted by atomic mass is 10.1. The SMILES string of the molecule is COc1ccc2c(COC(=O)Cc3ccc(Br)cc3)cc(=O)oc2c1. The molecule has 1 aromatic heterocycles. The van der Waals surface area contributed by atoms with Crippen LogP contribution in [0.2, 0.25) is 0 Å². The van der Waals surface area contributed by atoms with E-state index in [0.29, 0.717) is 22.3 Å². The van der Waals surface area contributed by atoms with E-state index in [-0.39, 0.29) is 19.0 Å². The number of halogens is 1. The van der Waals surface area contributed by atoms with Crippen LogP contribution in [0.4, 0.5) is 0 Å². The number of hydrogen-bond acceptors (Lipinski definition) is 5. The summed E-state index contributed by atoms with van der Waals surface area (Å²) in [5.74, 6) is 0.220. The van der Waals surface area contributed by atoms with Crippen molar-refractivity contribution in [2.45, 2.75) is 13.0 Å². The van der Waals surface area contributed by atoms with E-state index in [4.69, 9.17) is 13.9 Å². The molecule has 0 fully saturated rings. The first kappa shape index (κ1) is 17.2. The molecule has 1 heterocycles. The van der Waals surface area contributed by atoms with Crippen LogP contribution in [0.5, 0.6) is 5.75 Å². The van der Waals surface area contributed by atoms with E-state index < -0.39 is 5.63 Å². The second-order valence-corrected chi connectivity index (χ2v) is 6.33. The molecule has 0 radical (unpaired) electrons. The van der Waals surface area contributed by atoms with Crippen molar-refractivity contribution in [2.75, 3.05) is 7.11 Å². The fourth-order valence-corrected chi connectivity index (χ4v) is 2.70. The smallest absolute Gasteiger partial charge is 0.336 e. The van der Waals surface area contributed by atoms with Crippen molar-refractivity contribution < 1.29 is 18.7 Å². The second-order valence-electron chi connectivity index (χ2n) is 5.42. The van der Waals surface area contributed by atoms with Crippen LogP contribution in [0.15, 0.2) is 62.2 Å². The van der Waals surface area contributed by atoms with Gasteiger partial charge in [-0.25, -0.2) is 4.79 Å². The van der Waals surface area contributed by atoms with Crippen LogP contribution in [0, 0.1) is 0 Å². The summed E-state index contributed by atoms with van der Waals surface area (Å²) in [5.41, 5.74) is 1.35. The monoisotopic (exact) mass is 402 g/mol. The van der Waals surface area contributed by atoms with Crippen LogP contribution in [0.3, 0.4) is 0 Å². The molecule has 2 aromatic carbocycles. The van der Waals surface area contributed by atoms with Gasteiger partial charge in [-0.15, -0.1) is 0 Å². The standard InChI is InChI=1S/C19H15BrO5/c1-23-15-6-7-16-13(9-19(22)25-17(16)10-15)11-24-18(21)8-12-2-4-14(20)5-3-12/h2-7,9-10H,8,11H2,1H3. The number of carbonyl (C=O) groups excluding carboxylic acids is 1. The molecule has 3 aromatic rings. The number of ether oxygens (including phenoxy) is 2. The summed E-state index contributed by atoms with van der Waals surface area (Å²) in [6, 6.07) is 13.9. The average Bonchev–Trinajstić information content (AvgIpc) is 2.61. The number of benzene rings is 2. The lowest BCUT2D eigenvalue weighted by Crippen LogP contribution is -2.10. The first-order valence-electron chi connectivity index (χ1n) is 7.56. The van der Waals surface area contributed by atoms with Gasteiger partial charge in [-0.05, 0) is 29.8 Å². The Labute approximate surface area is 152 Å². The molecule has 3 rings (SSSR count). The molecular formula is C19H15BrO5. The Kier molecular flexibility index (Phi) is 5.19. The largest absolute Gasteiger partial charge is 0.497 e. The number of esters is 1. The van der Waals surface area contributed by atoms with Crippen molar-refractivity contribution >= 4 is 32.9 Å². The van der Waals surface area contributed by atoms with Crippen molar-refractivity contribution in [3.63, 3.8) is 0 Å². The average molecular weight is 403 g/mol. The molecule has 25 heavy (non-hydrogen) atoms. The van der Waals surface area contributed by atoms with Gasteiger partial charge in [0.15, 0.2) is 0 Å². The number of hydrogen-bond donors (Lipinski definition) is 0. The number of fused-ring (bicyclic) bond motifs is 1. The summed E-state index contributed by atoms with van der Waals surface area (Å²) in [5, 5.41) is 0.705. The van der Waals surface area contributed by atoms with Gasteiger partial charge in [-0.2, -0.15) is 0 Å². The highest BCUT2D eigenvalue weighted by atomic mass is 79.9. The summed E-state index contributed by atoms with van der Waals surface area (Å²) < 4.78 is 16.6. The number of rotatable bonds is 5. The van der Waals surface area contributed by atoms with Crippen LogP contribution in [0.1, 0.15) is 11.1 Å². The van der Waals surface area contributed by atoms with Gasteiger partial charge in [0.2, 0.25) is 0 Å². The maximum Gasteiger partial charge on any atom is 0.336 e. The van der Waals surface area contributed by atoms with Crippen LogP contribution in [-0.4, -0.2) is 13.1 Å². The fraction of sp³-hybridized carbons (Fsp3) is 0.158. The molecule has 0 amide bonds. The topological polar surface area (TPSA) is 65.7 Å². The third-order valence-electron chi connectivity index (χ3n) is 3.69. The Balaban J connectivity index is 1.75. The van der Waals surface area contributed by atoms with Gasteiger partial charge in [0.05, 0.1) is 13.5 Å². The molecule has 5 nitrogen and oxygen atoms in total. The van der Waals surface area contributed by atoms with Crippen LogP contribution < -0.4 is 10.4 Å². The molecule has 0 bridgehead atoms. The van der Waals surface area contributed by atoms with Crippen LogP contribution >= 0.6 is 15.9 Å². The maximum atomic E-state index is 12.0. The summed E-state index contributed by atoms with van der Waals surface area (Å²) >= 11 is 3.35. The molecule has 0 unspecified atom stereocenters. The molecule has 6 heteroatoms. The minimum absolute atomic E-state index is 0.00376. The van der Waals surface area contributed by atoms with Crippen molar-refractivity contribution in [3.05, 3.63) is 74.6 Å². The van der Waals surface area contributed by atoms with Gasteiger partial charge < -0.3 is 13.9 Å². The summed E-state index contributed by atoms with van der Waals surface area (Å²) in [6.07, 6.45) is 0.167. The molecule has 0 aliphatic rings. The fourth-order valence-electron chi connectivity index (χ4n) is 2.43. The predicted octanol–water partition coefficient (Wildman–Crippen LogP) is 3.85. The maximum absolute atomic E-state index is 12.0. The van der Waals surface area contributed by atoms with Gasteiger partial charge in [0.25, 0.3) is 0 Å². The molecule has 0 aliphatic carbocycles. The van der Waals surface area contributed by atoms with Crippen LogP contribution in [0.25, 0.3) is 11.0 Å². The van der Waals surface area contributed by atoms with Crippen molar-refractivity contribution in [1.82, 2.24) is 0 Å². The molecule has 0 N–H and O–H groups in total. The molecule has 128 valence electrons. The minimum Gasteiger partial charge on any atom is -0.497 e. The number of carbonyl (C=O) groups is 1. The molecule has 0 saturated heterocycles. The first-order valence-corrected chi connectivity index (χ1v) is 8.35. The Morgan fingerprint density at radius 3 is 2.60 bits per heavy atom. The Morgan fingerprint density at radius 1 is 1.12 bits per heavy atom. The highest BCUT2D eigenvalue weighted by Crippen LogP contribution is 2.23. The van der Waals surface area contributed by atoms with Crippen molar-refractivity contribution in [3.8, 4) is 5.75 Å². The molecule has 0 aliphatic heterocycles. The lowest BCUT2D eigenvalue weighted by molar-refractivity contribution is -0.144. The van der Waals surface area contributed by atoms with Crippen LogP contribution in [-0.2, 0) is 22.6 Å². The van der Waals surface area contributed by atoms with Gasteiger partial charge in [0, 0.05) is 27.6 Å². The highest BCUT2D eigenvalue weighted by molar-refractivity contribution is 9.10. The van der Waals surface area contributed by atoms with E-state index in [1.54, 1.807) is 18.2 Å². The zero-order valence-corrected chi connectivity index (χ0v) is 15.0. The van der Waals surface area contributed by atoms with E-state index in [2.05, 4.69) is 15.9 Å². The quantitative estimate of drug-likeness (QED) is 0.478. The normalized spacial score (nSPS) is 10.6. The Morgan fingerprint density at radius 2 is 1.88 bits per heavy atom. The van der Waals surface area contributed by atoms with Gasteiger partial charge in [-0.1, -0.05) is 28.1 Å². The molecule has 0 spiro atoms. The van der Waals surface area contributed by atoms with Crippen molar-refractivity contribution in [2.24, 2.45) is 0 Å². The number of methoxy groups -OCH3 is 1. The van der Waals surface area contributed by atoms with Gasteiger partial charge >= 0.3 is 11.6 Å². The highest BCUT2D eigenvalue weighted by Gasteiger charge is 2.10. The van der Waals surface area contributed by atoms with E-state index in [1.807, 2.05) is 24.3 Å². The summed E-state index contributed by atoms with van der Waals surface area (Å²) in [7, 11) is 1.53. The van der Waals surface area contributed by atoms with Gasteiger partial charge in [-0.3, -0.25) is 4.79 Å². The van der Waals surface area contributed by atoms with E-state index in [1.165, 1.54) is 13.2 Å². The van der Waals surface area contributed by atoms with E-state index in [0.717, 1.165) is 10.0 Å². The zero-order valence-electron chi connectivity index (χ0n) is 13.5. The molecular weight excluding hydrogens is 388 g/mol. The van der Waals surface area contributed by atoms with E-state index in [9.17, 15) is 9.59 Å². The third kappa shape index (κ3) is 4.28. The molecule has 0 saturated carbocycles. The summed E-state index contributed by atoms with van der Waals surface area (Å²) in [4.78, 5) is 23.8. The van der Waals surface area contributed by atoms with E-state index >= 15 is 0 Å². The zero-order chi connectivity index (χ0) is 17.8. The van der Waals surface area contributed by atoms with Crippen molar-refractivity contribution in [1.29, 1.82) is 0 Å².